The number of methoxy groups -OCH3 is 1. The summed E-state index contributed by atoms with van der Waals surface area (Å²) in [6, 6.07) is 10.2. The summed E-state index contributed by atoms with van der Waals surface area (Å²) in [5.41, 5.74) is 0.678. The van der Waals surface area contributed by atoms with Gasteiger partial charge in [-0.05, 0) is 29.8 Å². The van der Waals surface area contributed by atoms with Gasteiger partial charge >= 0.3 is 6.03 Å². The molecule has 4 amide bonds. The average Bonchev–Trinajstić information content (AvgIpc) is 2.74. The van der Waals surface area contributed by atoms with Gasteiger partial charge in [0.15, 0.2) is 11.5 Å². The Kier molecular flexibility index (Phi) is 6.26. The highest BCUT2D eigenvalue weighted by molar-refractivity contribution is 6.31. The third kappa shape index (κ3) is 4.38. The van der Waals surface area contributed by atoms with Crippen molar-refractivity contribution in [2.75, 3.05) is 13.7 Å². The number of hydrogen-bond donors (Lipinski definition) is 1. The lowest BCUT2D eigenvalue weighted by molar-refractivity contribution is -0.129. The zero-order chi connectivity index (χ0) is 21.7. The zero-order valence-corrected chi connectivity index (χ0v) is 16.2. The van der Waals surface area contributed by atoms with Gasteiger partial charge in [-0.25, -0.2) is 9.18 Å². The van der Waals surface area contributed by atoms with E-state index in [1.807, 2.05) is 0 Å². The van der Waals surface area contributed by atoms with Gasteiger partial charge in [-0.1, -0.05) is 30.3 Å². The molecule has 8 heteroatoms. The van der Waals surface area contributed by atoms with Crippen LogP contribution < -0.4 is 14.8 Å². The van der Waals surface area contributed by atoms with Gasteiger partial charge in [0.25, 0.3) is 11.8 Å². The van der Waals surface area contributed by atoms with E-state index in [0.29, 0.717) is 22.6 Å². The molecule has 0 atom stereocenters. The van der Waals surface area contributed by atoms with E-state index in [9.17, 15) is 18.8 Å². The minimum atomic E-state index is -0.795. The number of ether oxygens (including phenoxy) is 2. The van der Waals surface area contributed by atoms with E-state index >= 15 is 0 Å². The van der Waals surface area contributed by atoms with Gasteiger partial charge in [0.2, 0.25) is 0 Å². The van der Waals surface area contributed by atoms with E-state index in [-0.39, 0.29) is 24.5 Å². The Labute approximate surface area is 172 Å². The summed E-state index contributed by atoms with van der Waals surface area (Å²) in [5.74, 6) is -1.18. The second-order valence-electron chi connectivity index (χ2n) is 6.31. The topological polar surface area (TPSA) is 84.9 Å². The molecule has 1 heterocycles. The molecule has 3 rings (SSSR count). The molecule has 0 bridgehead atoms. The zero-order valence-electron chi connectivity index (χ0n) is 16.2. The van der Waals surface area contributed by atoms with Crippen LogP contribution in [0.4, 0.5) is 9.18 Å². The fourth-order valence-electron chi connectivity index (χ4n) is 2.82. The van der Waals surface area contributed by atoms with Crippen LogP contribution in [0, 0.1) is 5.82 Å². The summed E-state index contributed by atoms with van der Waals surface area (Å²) >= 11 is 0. The first-order valence-corrected chi connectivity index (χ1v) is 8.98. The molecule has 0 unspecified atom stereocenters. The largest absolute Gasteiger partial charge is 0.493 e. The van der Waals surface area contributed by atoms with Gasteiger partial charge in [-0.15, -0.1) is 6.58 Å². The van der Waals surface area contributed by atoms with Crippen molar-refractivity contribution < 1.29 is 28.2 Å². The predicted octanol–water partition coefficient (Wildman–Crippen LogP) is 3.06. The van der Waals surface area contributed by atoms with Crippen LogP contribution in [0.5, 0.6) is 11.5 Å². The Morgan fingerprint density at radius 1 is 1.13 bits per heavy atom. The predicted molar refractivity (Wildman–Crippen MR) is 107 cm³/mol. The van der Waals surface area contributed by atoms with E-state index in [1.54, 1.807) is 36.4 Å². The molecule has 7 nitrogen and oxygen atoms in total. The molecule has 1 N–H and O–H groups in total. The lowest BCUT2D eigenvalue weighted by atomic mass is 10.1. The van der Waals surface area contributed by atoms with Gasteiger partial charge in [-0.2, -0.15) is 0 Å². The molecule has 0 aliphatic carbocycles. The highest BCUT2D eigenvalue weighted by Crippen LogP contribution is 2.30. The number of nitrogens with one attached hydrogen (secondary N) is 1. The van der Waals surface area contributed by atoms with Crippen LogP contribution >= 0.6 is 0 Å². The second-order valence-corrected chi connectivity index (χ2v) is 6.31. The maximum Gasteiger partial charge on any atom is 0.331 e. The normalized spacial score (nSPS) is 15.2. The summed E-state index contributed by atoms with van der Waals surface area (Å²) in [6.07, 6.45) is 2.74. The lowest BCUT2D eigenvalue weighted by Gasteiger charge is -2.25. The first-order chi connectivity index (χ1) is 14.4. The van der Waals surface area contributed by atoms with Gasteiger partial charge in [0.1, 0.15) is 18.0 Å². The SMILES string of the molecule is C=CCN1C(=O)NC(=O)/C(=C/c2ccc(OCc3ccccc3F)c(OC)c2)C1=O. The molecular weight excluding hydrogens is 391 g/mol. The molecule has 1 aliphatic rings. The van der Waals surface area contributed by atoms with Gasteiger partial charge in [0.05, 0.1) is 7.11 Å². The number of nitrogens with zero attached hydrogens (tertiary/aromatic N) is 1. The molecule has 2 aromatic carbocycles. The Balaban J connectivity index is 1.84. The van der Waals surface area contributed by atoms with Crippen molar-refractivity contribution in [3.63, 3.8) is 0 Å². The van der Waals surface area contributed by atoms with Crippen molar-refractivity contribution in [3.05, 3.63) is 77.6 Å². The number of urea groups is 1. The van der Waals surface area contributed by atoms with Crippen LogP contribution in [-0.2, 0) is 16.2 Å². The molecule has 1 saturated heterocycles. The van der Waals surface area contributed by atoms with Crippen LogP contribution in [0.25, 0.3) is 6.08 Å². The van der Waals surface area contributed by atoms with Crippen LogP contribution in [0.3, 0.4) is 0 Å². The first-order valence-electron chi connectivity index (χ1n) is 8.98. The van der Waals surface area contributed by atoms with Crippen LogP contribution in [0.15, 0.2) is 60.7 Å². The number of carbonyl (C=O) groups is 3. The monoisotopic (exact) mass is 410 g/mol. The maximum absolute atomic E-state index is 13.8. The summed E-state index contributed by atoms with van der Waals surface area (Å²) in [7, 11) is 1.44. The standard InChI is InChI=1S/C22H19FN2O5/c1-3-10-25-21(27)16(20(26)24-22(25)28)11-14-8-9-18(19(12-14)29-2)30-13-15-6-4-5-7-17(15)23/h3-9,11-12H,1,10,13H2,2H3,(H,24,26,28)/b16-11-. The summed E-state index contributed by atoms with van der Waals surface area (Å²) in [6.45, 7) is 3.47. The molecular formula is C22H19FN2O5. The quantitative estimate of drug-likeness (QED) is 0.431. The van der Waals surface area contributed by atoms with E-state index in [0.717, 1.165) is 4.90 Å². The van der Waals surface area contributed by atoms with Crippen molar-refractivity contribution >= 4 is 23.9 Å². The fourth-order valence-corrected chi connectivity index (χ4v) is 2.82. The van der Waals surface area contributed by atoms with E-state index in [4.69, 9.17) is 9.47 Å². The Morgan fingerprint density at radius 2 is 1.90 bits per heavy atom. The molecule has 0 spiro atoms. The summed E-state index contributed by atoms with van der Waals surface area (Å²) in [5, 5.41) is 2.12. The summed E-state index contributed by atoms with van der Waals surface area (Å²) < 4.78 is 24.7. The molecule has 1 aliphatic heterocycles. The van der Waals surface area contributed by atoms with E-state index in [2.05, 4.69) is 11.9 Å². The van der Waals surface area contributed by atoms with Crippen molar-refractivity contribution in [3.8, 4) is 11.5 Å². The fraction of sp³-hybridized carbons (Fsp3) is 0.136. The third-order valence-electron chi connectivity index (χ3n) is 4.34. The number of rotatable bonds is 7. The second kappa shape index (κ2) is 9.04. The van der Waals surface area contributed by atoms with Gasteiger partial charge < -0.3 is 9.47 Å². The smallest absolute Gasteiger partial charge is 0.331 e. The molecule has 0 radical (unpaired) electrons. The number of halogens is 1. The van der Waals surface area contributed by atoms with Crippen LogP contribution in [0.2, 0.25) is 0 Å². The number of imide groups is 2. The lowest BCUT2D eigenvalue weighted by Crippen LogP contribution is -2.54. The van der Waals surface area contributed by atoms with Crippen molar-refractivity contribution in [1.29, 1.82) is 0 Å². The first kappa shape index (κ1) is 20.8. The van der Waals surface area contributed by atoms with Crippen LogP contribution in [0.1, 0.15) is 11.1 Å². The molecule has 2 aromatic rings. The van der Waals surface area contributed by atoms with Crippen molar-refractivity contribution in [2.24, 2.45) is 0 Å². The molecule has 0 aromatic heterocycles. The molecule has 30 heavy (non-hydrogen) atoms. The number of amides is 4. The van der Waals surface area contributed by atoms with Crippen molar-refractivity contribution in [2.45, 2.75) is 6.61 Å². The number of barbiturate groups is 1. The third-order valence-corrected chi connectivity index (χ3v) is 4.34. The highest BCUT2D eigenvalue weighted by Gasteiger charge is 2.34. The molecule has 0 saturated carbocycles. The Hall–Kier alpha value is -3.94. The van der Waals surface area contributed by atoms with Crippen LogP contribution in [-0.4, -0.2) is 36.4 Å². The minimum Gasteiger partial charge on any atom is -0.493 e. The summed E-state index contributed by atoms with van der Waals surface area (Å²) in [4.78, 5) is 37.3. The average molecular weight is 410 g/mol. The number of carbonyl (C=O) groups excluding carboxylic acids is 3. The Bertz CT molecular complexity index is 1050. The van der Waals surface area contributed by atoms with E-state index < -0.39 is 17.8 Å². The van der Waals surface area contributed by atoms with Crippen molar-refractivity contribution in [1.82, 2.24) is 10.2 Å². The number of hydrogen-bond acceptors (Lipinski definition) is 5. The number of benzene rings is 2. The Morgan fingerprint density at radius 3 is 2.60 bits per heavy atom. The van der Waals surface area contributed by atoms with Gasteiger partial charge in [-0.3, -0.25) is 19.8 Å². The molecule has 1 fully saturated rings. The maximum atomic E-state index is 13.8. The molecule has 154 valence electrons. The highest BCUT2D eigenvalue weighted by atomic mass is 19.1. The van der Waals surface area contributed by atoms with E-state index in [1.165, 1.54) is 25.3 Å². The van der Waals surface area contributed by atoms with Gasteiger partial charge in [0, 0.05) is 12.1 Å². The minimum absolute atomic E-state index is 0.00296.